The highest BCUT2D eigenvalue weighted by molar-refractivity contribution is 6.52. The average molecular weight is 296 g/mol. The largest absolute Gasteiger partial charge is 0.387 e. The van der Waals surface area contributed by atoms with E-state index in [0.29, 0.717) is 29.5 Å². The first-order chi connectivity index (χ1) is 9.56. The van der Waals surface area contributed by atoms with E-state index in [2.05, 4.69) is 0 Å². The van der Waals surface area contributed by atoms with E-state index in [1.165, 1.54) is 11.0 Å². The fraction of sp³-hybridized carbons (Fsp3) is 0.429. The van der Waals surface area contributed by atoms with Crippen LogP contribution in [0.2, 0.25) is 5.02 Å². The van der Waals surface area contributed by atoms with Crippen LogP contribution in [-0.2, 0) is 4.79 Å². The summed E-state index contributed by atoms with van der Waals surface area (Å²) in [5.41, 5.74) is 0.997. The number of nitrogens with zero attached hydrogens (tertiary/aromatic N) is 1. The second kappa shape index (κ2) is 5.16. The number of fused-ring (bicyclic) bond motifs is 1. The van der Waals surface area contributed by atoms with Crippen molar-refractivity contribution in [2.45, 2.75) is 18.9 Å². The molecule has 1 amide bonds. The number of carbonyl (C=O) groups excluding carboxylic acids is 2. The Balaban J connectivity index is 1.84. The summed E-state index contributed by atoms with van der Waals surface area (Å²) in [7, 11) is 0. The number of amides is 1. The van der Waals surface area contributed by atoms with Crippen LogP contribution in [0.1, 0.15) is 23.2 Å². The normalized spacial score (nSPS) is 26.0. The Morgan fingerprint density at radius 2 is 2.20 bits per heavy atom. The molecular formula is C14H16ClN2O3+. The zero-order valence-electron chi connectivity index (χ0n) is 10.9. The summed E-state index contributed by atoms with van der Waals surface area (Å²) >= 11 is 5.87. The number of rotatable bonds is 2. The maximum Gasteiger partial charge on any atom is 0.303 e. The minimum Gasteiger partial charge on any atom is -0.387 e. The summed E-state index contributed by atoms with van der Waals surface area (Å²) in [6.45, 7) is 1.93. The maximum atomic E-state index is 12.1. The highest BCUT2D eigenvalue weighted by Crippen LogP contribution is 2.30. The lowest BCUT2D eigenvalue weighted by Crippen LogP contribution is -3.15. The first kappa shape index (κ1) is 13.5. The number of aliphatic hydroxyl groups excluding tert-OH is 1. The Morgan fingerprint density at radius 1 is 1.40 bits per heavy atom. The third kappa shape index (κ3) is 2.32. The van der Waals surface area contributed by atoms with Crippen molar-refractivity contribution in [1.29, 1.82) is 0 Å². The molecule has 2 N–H and O–H groups in total. The number of benzene rings is 1. The van der Waals surface area contributed by atoms with Gasteiger partial charge >= 0.3 is 5.91 Å². The van der Waals surface area contributed by atoms with Gasteiger partial charge in [0.15, 0.2) is 6.67 Å². The zero-order chi connectivity index (χ0) is 14.3. The van der Waals surface area contributed by atoms with Crippen LogP contribution in [0.4, 0.5) is 5.69 Å². The fourth-order valence-electron chi connectivity index (χ4n) is 2.92. The molecule has 1 aromatic rings. The van der Waals surface area contributed by atoms with Gasteiger partial charge in [-0.1, -0.05) is 11.6 Å². The first-order valence-corrected chi connectivity index (χ1v) is 7.11. The predicted molar refractivity (Wildman–Crippen MR) is 74.1 cm³/mol. The number of anilines is 1. The van der Waals surface area contributed by atoms with Crippen LogP contribution in [0, 0.1) is 0 Å². The summed E-state index contributed by atoms with van der Waals surface area (Å²) in [5, 5.41) is 10.1. The van der Waals surface area contributed by atoms with Crippen LogP contribution in [0.15, 0.2) is 18.2 Å². The molecule has 106 valence electrons. The Hall–Kier alpha value is -1.43. The predicted octanol–water partition coefficient (Wildman–Crippen LogP) is -0.134. The highest BCUT2D eigenvalue weighted by Gasteiger charge is 2.38. The van der Waals surface area contributed by atoms with Gasteiger partial charge in [-0.3, -0.25) is 14.5 Å². The number of hydrogen-bond donors (Lipinski definition) is 2. The lowest BCUT2D eigenvalue weighted by atomic mass is 10.1. The van der Waals surface area contributed by atoms with Crippen molar-refractivity contribution >= 4 is 29.0 Å². The van der Waals surface area contributed by atoms with E-state index in [1.54, 1.807) is 12.1 Å². The van der Waals surface area contributed by atoms with Gasteiger partial charge in [-0.25, -0.2) is 0 Å². The average Bonchev–Trinajstić information content (AvgIpc) is 2.64. The topological polar surface area (TPSA) is 62.0 Å². The summed E-state index contributed by atoms with van der Waals surface area (Å²) in [5.74, 6) is -1.01. The second-order valence-electron chi connectivity index (χ2n) is 5.38. The minimum absolute atomic E-state index is 0.322. The van der Waals surface area contributed by atoms with Crippen molar-refractivity contribution in [2.24, 2.45) is 0 Å². The third-order valence-corrected chi connectivity index (χ3v) is 4.14. The zero-order valence-corrected chi connectivity index (χ0v) is 11.7. The number of quaternary nitrogens is 1. The van der Waals surface area contributed by atoms with E-state index in [-0.39, 0.29) is 6.10 Å². The van der Waals surface area contributed by atoms with Crippen LogP contribution in [0.25, 0.3) is 0 Å². The summed E-state index contributed by atoms with van der Waals surface area (Å²) in [6, 6.07) is 4.93. The van der Waals surface area contributed by atoms with Gasteiger partial charge in [0.2, 0.25) is 0 Å². The SMILES string of the molecule is O=C1C(=O)N(C[NH+]2CCC[C@@H](O)C2)c2ccc(Cl)cc21. The molecule has 20 heavy (non-hydrogen) atoms. The van der Waals surface area contributed by atoms with Crippen molar-refractivity contribution in [3.63, 3.8) is 0 Å². The van der Waals surface area contributed by atoms with Gasteiger partial charge in [0.1, 0.15) is 12.6 Å². The molecular weight excluding hydrogens is 280 g/mol. The number of halogens is 1. The molecule has 1 saturated heterocycles. The molecule has 5 nitrogen and oxygen atoms in total. The third-order valence-electron chi connectivity index (χ3n) is 3.91. The molecule has 0 spiro atoms. The molecule has 0 radical (unpaired) electrons. The Labute approximate surface area is 121 Å². The van der Waals surface area contributed by atoms with E-state index in [9.17, 15) is 14.7 Å². The molecule has 0 saturated carbocycles. The number of carbonyl (C=O) groups is 2. The molecule has 2 atom stereocenters. The van der Waals surface area contributed by atoms with Gasteiger partial charge in [0.25, 0.3) is 5.78 Å². The van der Waals surface area contributed by atoms with Gasteiger partial charge < -0.3 is 10.0 Å². The van der Waals surface area contributed by atoms with Crippen molar-refractivity contribution in [3.05, 3.63) is 28.8 Å². The van der Waals surface area contributed by atoms with Gasteiger partial charge in [0, 0.05) is 5.02 Å². The molecule has 3 rings (SSSR count). The van der Waals surface area contributed by atoms with Crippen LogP contribution in [0.3, 0.4) is 0 Å². The van der Waals surface area contributed by atoms with E-state index in [1.807, 2.05) is 0 Å². The van der Waals surface area contributed by atoms with Crippen molar-refractivity contribution in [1.82, 2.24) is 0 Å². The summed E-state index contributed by atoms with van der Waals surface area (Å²) in [6.07, 6.45) is 1.42. The van der Waals surface area contributed by atoms with E-state index in [4.69, 9.17) is 11.6 Å². The van der Waals surface area contributed by atoms with Crippen molar-refractivity contribution in [3.8, 4) is 0 Å². The van der Waals surface area contributed by atoms with E-state index in [0.717, 1.165) is 24.3 Å². The molecule has 2 aliphatic heterocycles. The number of nitrogens with one attached hydrogen (secondary N) is 1. The lowest BCUT2D eigenvalue weighted by molar-refractivity contribution is -0.907. The van der Waals surface area contributed by atoms with Crippen molar-refractivity contribution in [2.75, 3.05) is 24.7 Å². The molecule has 0 bridgehead atoms. The van der Waals surface area contributed by atoms with Crippen LogP contribution in [-0.4, -0.2) is 42.7 Å². The Morgan fingerprint density at radius 3 is 2.95 bits per heavy atom. The number of aliphatic hydroxyl groups is 1. The van der Waals surface area contributed by atoms with Crippen LogP contribution in [0.5, 0.6) is 0 Å². The van der Waals surface area contributed by atoms with Crippen LogP contribution >= 0.6 is 11.6 Å². The van der Waals surface area contributed by atoms with Crippen molar-refractivity contribution < 1.29 is 19.6 Å². The second-order valence-corrected chi connectivity index (χ2v) is 5.82. The minimum atomic E-state index is -0.505. The molecule has 2 aliphatic rings. The fourth-order valence-corrected chi connectivity index (χ4v) is 3.09. The molecule has 1 fully saturated rings. The quantitative estimate of drug-likeness (QED) is 0.747. The molecule has 6 heteroatoms. The van der Waals surface area contributed by atoms with Crippen LogP contribution < -0.4 is 9.80 Å². The van der Waals surface area contributed by atoms with E-state index >= 15 is 0 Å². The smallest absolute Gasteiger partial charge is 0.303 e. The number of ketones is 1. The number of piperidine rings is 1. The summed E-state index contributed by atoms with van der Waals surface area (Å²) < 4.78 is 0. The van der Waals surface area contributed by atoms with Gasteiger partial charge in [-0.2, -0.15) is 0 Å². The molecule has 0 aliphatic carbocycles. The number of Topliss-reactive ketones (excluding diaryl/α,β-unsaturated/α-hetero) is 1. The standard InChI is InChI=1S/C14H15ClN2O3/c15-9-3-4-12-11(6-9)13(19)14(20)17(12)8-16-5-1-2-10(18)7-16/h3-4,6,10,18H,1-2,5,7-8H2/p+1/t10-/m1/s1. The lowest BCUT2D eigenvalue weighted by Gasteiger charge is -2.30. The molecule has 1 aromatic carbocycles. The highest BCUT2D eigenvalue weighted by atomic mass is 35.5. The molecule has 2 heterocycles. The van der Waals surface area contributed by atoms with Gasteiger partial charge in [-0.05, 0) is 31.0 Å². The monoisotopic (exact) mass is 295 g/mol. The van der Waals surface area contributed by atoms with E-state index < -0.39 is 11.7 Å². The van der Waals surface area contributed by atoms with Gasteiger partial charge in [0.05, 0.1) is 17.8 Å². The van der Waals surface area contributed by atoms with Gasteiger partial charge in [-0.15, -0.1) is 0 Å². The Kier molecular flexibility index (Phi) is 3.50. The number of hydrogen-bond acceptors (Lipinski definition) is 3. The molecule has 1 unspecified atom stereocenters. The summed E-state index contributed by atoms with van der Waals surface area (Å²) in [4.78, 5) is 26.7. The maximum absolute atomic E-state index is 12.1. The molecule has 0 aromatic heterocycles. The Bertz CT molecular complexity index is 576. The number of likely N-dealkylation sites (tertiary alicyclic amines) is 1. The first-order valence-electron chi connectivity index (χ1n) is 6.73.